The first-order valence-electron chi connectivity index (χ1n) is 11.0. The number of nitrogens with zero attached hydrogens (tertiary/aromatic N) is 4. The number of fused-ring (bicyclic) bond motifs is 6. The Morgan fingerprint density at radius 3 is 1.86 bits per heavy atom. The van der Waals surface area contributed by atoms with Crippen molar-refractivity contribution in [3.05, 3.63) is 106 Å². The van der Waals surface area contributed by atoms with E-state index in [-0.39, 0.29) is 0 Å². The number of halogens is 4. The van der Waals surface area contributed by atoms with E-state index >= 15 is 0 Å². The van der Waals surface area contributed by atoms with Crippen molar-refractivity contribution in [2.45, 2.75) is 6.18 Å². The van der Waals surface area contributed by atoms with Gasteiger partial charge in [0.25, 0.3) is 0 Å². The number of hydrogen-bond acceptors (Lipinski definition) is 3. The maximum absolute atomic E-state index is 14.0. The average molecular weight is 492 g/mol. The number of nitriles is 1. The van der Waals surface area contributed by atoms with E-state index in [0.29, 0.717) is 43.4 Å². The Balaban J connectivity index is 1.67. The monoisotopic (exact) mass is 492 g/mol. The van der Waals surface area contributed by atoms with Gasteiger partial charge in [-0.05, 0) is 75.1 Å². The van der Waals surface area contributed by atoms with Crippen LogP contribution < -0.4 is 10.7 Å². The standard InChI is InChI=1S/C29H12F4N4/c1-35-37-28-23-10-16(15-2-5-17(6-3-15)29(31,32)33)4-8-19(23)22-12-25-21(13-26(22)28)20-9-7-18(30)11-24(20)27(25)36-14-34/h2-13H/b36-27+,37-28+. The molecule has 6 rings (SSSR count). The second-order valence-electron chi connectivity index (χ2n) is 8.58. The fourth-order valence-corrected chi connectivity index (χ4v) is 5.01. The van der Waals surface area contributed by atoms with Crippen LogP contribution in [0.1, 0.15) is 5.56 Å². The van der Waals surface area contributed by atoms with E-state index in [2.05, 4.69) is 15.0 Å². The van der Waals surface area contributed by atoms with Gasteiger partial charge in [0, 0.05) is 21.5 Å². The molecule has 6 aromatic carbocycles. The topological polar surface area (TPSA) is 52.9 Å². The normalized spacial score (nSPS) is 13.1. The molecule has 0 unspecified atom stereocenters. The van der Waals surface area contributed by atoms with E-state index in [4.69, 9.17) is 6.57 Å². The highest BCUT2D eigenvalue weighted by Gasteiger charge is 2.30. The van der Waals surface area contributed by atoms with E-state index in [9.17, 15) is 22.8 Å². The number of benzene rings is 4. The van der Waals surface area contributed by atoms with Crippen LogP contribution in [0.3, 0.4) is 0 Å². The summed E-state index contributed by atoms with van der Waals surface area (Å²) < 4.78 is 53.0. The Labute approximate surface area is 206 Å². The summed E-state index contributed by atoms with van der Waals surface area (Å²) >= 11 is 0. The van der Waals surface area contributed by atoms with Crippen LogP contribution in [-0.4, -0.2) is 0 Å². The summed E-state index contributed by atoms with van der Waals surface area (Å²) in [6.45, 7) is 7.36. The average Bonchev–Trinajstić information content (AvgIpc) is 3.34. The molecule has 0 N–H and O–H groups in total. The molecule has 0 aliphatic carbocycles. The molecule has 0 fully saturated rings. The summed E-state index contributed by atoms with van der Waals surface area (Å²) in [4.78, 5) is 7.21. The molecule has 0 aliphatic rings. The molecule has 0 spiro atoms. The molecule has 0 aromatic heterocycles. The first-order chi connectivity index (χ1) is 17.8. The van der Waals surface area contributed by atoms with Gasteiger partial charge < -0.3 is 0 Å². The van der Waals surface area contributed by atoms with E-state index in [0.717, 1.165) is 33.7 Å². The van der Waals surface area contributed by atoms with Gasteiger partial charge in [-0.25, -0.2) is 4.39 Å². The van der Waals surface area contributed by atoms with Crippen LogP contribution in [0.4, 0.5) is 17.6 Å². The van der Waals surface area contributed by atoms with Crippen LogP contribution in [-0.2, 0) is 6.18 Å². The minimum absolute atomic E-state index is 0.369. The predicted molar refractivity (Wildman–Crippen MR) is 133 cm³/mol. The zero-order chi connectivity index (χ0) is 25.9. The summed E-state index contributed by atoms with van der Waals surface area (Å²) in [6.07, 6.45) is -2.63. The quantitative estimate of drug-likeness (QED) is 0.104. The van der Waals surface area contributed by atoms with Crippen molar-refractivity contribution in [1.29, 1.82) is 5.26 Å². The van der Waals surface area contributed by atoms with Crippen molar-refractivity contribution in [3.63, 3.8) is 0 Å². The molecule has 0 aliphatic heterocycles. The molecule has 0 saturated heterocycles. The van der Waals surface area contributed by atoms with Gasteiger partial charge in [0.2, 0.25) is 6.19 Å². The summed E-state index contributed by atoms with van der Waals surface area (Å²) in [6, 6.07) is 18.4. The van der Waals surface area contributed by atoms with Gasteiger partial charge >= 0.3 is 6.18 Å². The summed E-state index contributed by atoms with van der Waals surface area (Å²) in [7, 11) is 0. The van der Waals surface area contributed by atoms with Crippen molar-refractivity contribution < 1.29 is 17.6 Å². The summed E-state index contributed by atoms with van der Waals surface area (Å²) in [5.41, 5.74) is 0.540. The second-order valence-corrected chi connectivity index (χ2v) is 8.58. The lowest BCUT2D eigenvalue weighted by Gasteiger charge is -2.08. The van der Waals surface area contributed by atoms with Crippen molar-refractivity contribution in [2.75, 3.05) is 0 Å². The van der Waals surface area contributed by atoms with Crippen LogP contribution in [0.5, 0.6) is 0 Å². The molecule has 176 valence electrons. The molecular weight excluding hydrogens is 480 g/mol. The molecule has 0 bridgehead atoms. The van der Waals surface area contributed by atoms with Crippen LogP contribution in [0, 0.1) is 23.8 Å². The Kier molecular flexibility index (Phi) is 4.82. The van der Waals surface area contributed by atoms with Crippen molar-refractivity contribution in [1.82, 2.24) is 0 Å². The van der Waals surface area contributed by atoms with Gasteiger partial charge in [0.05, 0.1) is 16.0 Å². The largest absolute Gasteiger partial charge is 0.416 e. The lowest BCUT2D eigenvalue weighted by Crippen LogP contribution is -2.04. The van der Waals surface area contributed by atoms with Gasteiger partial charge in [-0.1, -0.05) is 30.3 Å². The Bertz CT molecular complexity index is 2100. The van der Waals surface area contributed by atoms with Crippen LogP contribution in [0.25, 0.3) is 59.2 Å². The van der Waals surface area contributed by atoms with Crippen molar-refractivity contribution >= 4 is 43.1 Å². The minimum Gasteiger partial charge on any atom is -0.207 e. The van der Waals surface area contributed by atoms with Crippen LogP contribution in [0.2, 0.25) is 0 Å². The van der Waals surface area contributed by atoms with Crippen molar-refractivity contribution in [3.8, 4) is 17.3 Å². The molecule has 0 radical (unpaired) electrons. The van der Waals surface area contributed by atoms with E-state index in [1.807, 2.05) is 18.2 Å². The third-order valence-corrected chi connectivity index (χ3v) is 6.62. The maximum atomic E-state index is 14.0. The number of rotatable bonds is 1. The predicted octanol–water partition coefficient (Wildman–Crippen LogP) is 7.12. The summed E-state index contributed by atoms with van der Waals surface area (Å²) in [5.74, 6) is -0.443. The molecule has 37 heavy (non-hydrogen) atoms. The van der Waals surface area contributed by atoms with E-state index in [1.165, 1.54) is 24.3 Å². The lowest BCUT2D eigenvalue weighted by atomic mass is 10.0. The SMILES string of the molecule is [C-]#[N+]/N=c1\c2cc(-c3ccc(C(F)(F)F)cc3)ccc2c2cc3/c(=N/C#N)c4cc(F)ccc4c3cc12. The van der Waals surface area contributed by atoms with Gasteiger partial charge in [-0.15, -0.1) is 4.95 Å². The highest BCUT2D eigenvalue weighted by atomic mass is 19.4. The van der Waals surface area contributed by atoms with Gasteiger partial charge in [-0.3, -0.25) is 0 Å². The molecule has 4 nitrogen and oxygen atoms in total. The zero-order valence-corrected chi connectivity index (χ0v) is 18.7. The van der Waals surface area contributed by atoms with E-state index < -0.39 is 17.6 Å². The van der Waals surface area contributed by atoms with Gasteiger partial charge in [-0.2, -0.15) is 30.0 Å². The summed E-state index contributed by atoms with van der Waals surface area (Å²) in [5, 5.41) is 19.7. The molecule has 8 heteroatoms. The second kappa shape index (κ2) is 7.97. The third-order valence-electron chi connectivity index (χ3n) is 6.62. The molecule has 0 saturated carbocycles. The smallest absolute Gasteiger partial charge is 0.207 e. The van der Waals surface area contributed by atoms with Gasteiger partial charge in [0.1, 0.15) is 5.82 Å². The number of hydrogen-bond donors (Lipinski definition) is 0. The Morgan fingerprint density at radius 1 is 0.676 bits per heavy atom. The maximum Gasteiger partial charge on any atom is 0.416 e. The van der Waals surface area contributed by atoms with Crippen molar-refractivity contribution in [2.24, 2.45) is 10.1 Å². The third kappa shape index (κ3) is 3.42. The Hall–Kier alpha value is -5.08. The fourth-order valence-electron chi connectivity index (χ4n) is 5.01. The van der Waals surface area contributed by atoms with Crippen LogP contribution in [0.15, 0.2) is 82.9 Å². The van der Waals surface area contributed by atoms with E-state index in [1.54, 1.807) is 24.4 Å². The fraction of sp³-hybridized carbons (Fsp3) is 0.0345. The van der Waals surface area contributed by atoms with Gasteiger partial charge in [0.15, 0.2) is 5.36 Å². The first kappa shape index (κ1) is 22.4. The minimum atomic E-state index is -4.42. The highest BCUT2D eigenvalue weighted by molar-refractivity contribution is 6.21. The molecule has 0 atom stereocenters. The van der Waals surface area contributed by atoms with Crippen LogP contribution >= 0.6 is 0 Å². The Morgan fingerprint density at radius 2 is 1.24 bits per heavy atom. The molecule has 6 aromatic rings. The molecular formula is C29H12F4N4. The lowest BCUT2D eigenvalue weighted by molar-refractivity contribution is -0.137. The highest BCUT2D eigenvalue weighted by Crippen LogP contribution is 2.35. The zero-order valence-electron chi connectivity index (χ0n) is 18.7. The number of alkyl halides is 3. The first-order valence-corrected chi connectivity index (χ1v) is 11.0. The molecule has 0 heterocycles. The molecule has 0 amide bonds.